The second-order valence-corrected chi connectivity index (χ2v) is 7.89. The zero-order chi connectivity index (χ0) is 20.1. The van der Waals surface area contributed by atoms with Gasteiger partial charge >= 0.3 is 0 Å². The van der Waals surface area contributed by atoms with Crippen molar-refractivity contribution in [3.8, 4) is 0 Å². The Hall–Kier alpha value is -2.96. The molecule has 4 rings (SSSR count). The molecule has 0 N–H and O–H groups in total. The van der Waals surface area contributed by atoms with Crippen LogP contribution in [0.4, 0.5) is 5.13 Å². The largest absolute Gasteiger partial charge is 0.337 e. The molecule has 2 aromatic heterocycles. The molecule has 1 amide bonds. The molecule has 0 spiro atoms. The van der Waals surface area contributed by atoms with Gasteiger partial charge in [-0.05, 0) is 30.2 Å². The maximum Gasteiger partial charge on any atom is 0.252 e. The van der Waals surface area contributed by atoms with Crippen LogP contribution in [0.15, 0.2) is 73.3 Å². The molecule has 0 fully saturated rings. The van der Waals surface area contributed by atoms with E-state index < -0.39 is 0 Å². The van der Waals surface area contributed by atoms with Gasteiger partial charge in [0.25, 0.3) is 5.91 Å². The van der Waals surface area contributed by atoms with Crippen LogP contribution >= 0.6 is 22.9 Å². The van der Waals surface area contributed by atoms with E-state index in [-0.39, 0.29) is 5.91 Å². The minimum Gasteiger partial charge on any atom is -0.337 e. The molecule has 146 valence electrons. The van der Waals surface area contributed by atoms with Crippen molar-refractivity contribution in [2.75, 3.05) is 11.4 Å². The molecule has 0 saturated heterocycles. The zero-order valence-electron chi connectivity index (χ0n) is 15.6. The number of carbonyl (C=O) groups excluding carboxylic acids is 1. The predicted molar refractivity (Wildman–Crippen MR) is 119 cm³/mol. The first-order chi connectivity index (χ1) is 14.2. The number of imidazole rings is 1. The fourth-order valence-corrected chi connectivity index (χ4v) is 4.27. The smallest absolute Gasteiger partial charge is 0.252 e. The van der Waals surface area contributed by atoms with Crippen molar-refractivity contribution >= 4 is 50.3 Å². The second kappa shape index (κ2) is 9.03. The molecule has 0 saturated carbocycles. The summed E-state index contributed by atoms with van der Waals surface area (Å²) < 4.78 is 2.96. The Kier molecular flexibility index (Phi) is 6.03. The zero-order valence-corrected chi connectivity index (χ0v) is 17.2. The third kappa shape index (κ3) is 4.72. The van der Waals surface area contributed by atoms with Gasteiger partial charge in [-0.2, -0.15) is 0 Å². The van der Waals surface area contributed by atoms with E-state index >= 15 is 0 Å². The number of para-hydroxylation sites is 1. The summed E-state index contributed by atoms with van der Waals surface area (Å²) in [7, 11) is 0. The lowest BCUT2D eigenvalue weighted by Gasteiger charge is -2.18. The summed E-state index contributed by atoms with van der Waals surface area (Å²) >= 11 is 7.76. The highest BCUT2D eigenvalue weighted by atomic mass is 35.5. The molecule has 29 heavy (non-hydrogen) atoms. The topological polar surface area (TPSA) is 51.0 Å². The van der Waals surface area contributed by atoms with Crippen molar-refractivity contribution in [3.05, 3.63) is 83.9 Å². The highest BCUT2D eigenvalue weighted by Crippen LogP contribution is 2.33. The molecule has 0 aliphatic carbocycles. The molecule has 0 aliphatic heterocycles. The summed E-state index contributed by atoms with van der Waals surface area (Å²) in [4.78, 5) is 23.4. The first kappa shape index (κ1) is 19.4. The molecule has 5 nitrogen and oxygen atoms in total. The second-order valence-electron chi connectivity index (χ2n) is 6.47. The molecule has 2 heterocycles. The number of hydrogen-bond acceptors (Lipinski definition) is 4. The molecule has 0 bridgehead atoms. The van der Waals surface area contributed by atoms with E-state index in [2.05, 4.69) is 9.97 Å². The van der Waals surface area contributed by atoms with Gasteiger partial charge in [-0.1, -0.05) is 59.3 Å². The summed E-state index contributed by atoms with van der Waals surface area (Å²) in [6.07, 6.45) is 9.65. The van der Waals surface area contributed by atoms with Crippen molar-refractivity contribution in [1.82, 2.24) is 14.5 Å². The summed E-state index contributed by atoms with van der Waals surface area (Å²) in [5.74, 6) is -0.102. The number of rotatable bonds is 7. The third-order valence-corrected chi connectivity index (χ3v) is 5.78. The highest BCUT2D eigenvalue weighted by Gasteiger charge is 2.18. The van der Waals surface area contributed by atoms with Crippen LogP contribution < -0.4 is 4.90 Å². The van der Waals surface area contributed by atoms with Crippen LogP contribution in [0.25, 0.3) is 16.3 Å². The molecule has 7 heteroatoms. The summed E-state index contributed by atoms with van der Waals surface area (Å²) in [6.45, 7) is 1.32. The molecule has 0 aliphatic rings. The van der Waals surface area contributed by atoms with Gasteiger partial charge in [0.1, 0.15) is 5.52 Å². The van der Waals surface area contributed by atoms with Gasteiger partial charge in [-0.3, -0.25) is 9.69 Å². The lowest BCUT2D eigenvalue weighted by atomic mass is 10.2. The molecule has 0 radical (unpaired) electrons. The van der Waals surface area contributed by atoms with E-state index in [0.717, 1.165) is 28.7 Å². The minimum absolute atomic E-state index is 0.102. The van der Waals surface area contributed by atoms with Crippen LogP contribution in [-0.4, -0.2) is 27.0 Å². The molecule has 0 unspecified atom stereocenters. The number of carbonyl (C=O) groups is 1. The fraction of sp³-hybridized carbons (Fsp3) is 0.136. The van der Waals surface area contributed by atoms with E-state index in [1.54, 1.807) is 23.5 Å². The number of benzene rings is 2. The van der Waals surface area contributed by atoms with Crippen molar-refractivity contribution in [3.63, 3.8) is 0 Å². The number of aromatic nitrogens is 3. The summed E-state index contributed by atoms with van der Waals surface area (Å²) in [6, 6.07) is 15.4. The monoisotopic (exact) mass is 422 g/mol. The average Bonchev–Trinajstić information content (AvgIpc) is 3.41. The number of fused-ring (bicyclic) bond motifs is 1. The average molecular weight is 423 g/mol. The number of halogens is 1. The Morgan fingerprint density at radius 1 is 1.17 bits per heavy atom. The van der Waals surface area contributed by atoms with E-state index in [1.807, 2.05) is 65.4 Å². The number of thiazole rings is 1. The lowest BCUT2D eigenvalue weighted by molar-refractivity contribution is -0.114. The number of hydrogen-bond donors (Lipinski definition) is 0. The normalized spacial score (nSPS) is 11.3. The van der Waals surface area contributed by atoms with Gasteiger partial charge in [-0.15, -0.1) is 0 Å². The SMILES string of the molecule is O=C(/C=C/c1ccccc1)N(CCCn1ccnc1)c1nc2c(Cl)cccc2s1. The van der Waals surface area contributed by atoms with Gasteiger partial charge in [0.2, 0.25) is 0 Å². The number of nitrogens with zero attached hydrogens (tertiary/aromatic N) is 4. The van der Waals surface area contributed by atoms with Crippen LogP contribution in [0, 0.1) is 0 Å². The van der Waals surface area contributed by atoms with Crippen LogP contribution in [-0.2, 0) is 11.3 Å². The van der Waals surface area contributed by atoms with Crippen molar-refractivity contribution < 1.29 is 4.79 Å². The first-order valence-corrected chi connectivity index (χ1v) is 10.5. The Balaban J connectivity index is 1.57. The Labute approximate surface area is 177 Å². The molecular formula is C22H19ClN4OS. The molecule has 4 aromatic rings. The van der Waals surface area contributed by atoms with Gasteiger partial charge in [-0.25, -0.2) is 9.97 Å². The fourth-order valence-electron chi connectivity index (χ4n) is 2.97. The lowest BCUT2D eigenvalue weighted by Crippen LogP contribution is -2.30. The van der Waals surface area contributed by atoms with E-state index in [9.17, 15) is 4.79 Å². The van der Waals surface area contributed by atoms with Crippen LogP contribution in [0.5, 0.6) is 0 Å². The Morgan fingerprint density at radius 3 is 2.79 bits per heavy atom. The predicted octanol–water partition coefficient (Wildman–Crippen LogP) is 5.28. The quantitative estimate of drug-likeness (QED) is 0.380. The van der Waals surface area contributed by atoms with Crippen LogP contribution in [0.2, 0.25) is 5.02 Å². The van der Waals surface area contributed by atoms with Crippen LogP contribution in [0.1, 0.15) is 12.0 Å². The van der Waals surface area contributed by atoms with E-state index in [1.165, 1.54) is 11.3 Å². The number of aryl methyl sites for hydroxylation is 1. The van der Waals surface area contributed by atoms with Crippen molar-refractivity contribution in [2.45, 2.75) is 13.0 Å². The molecular weight excluding hydrogens is 404 g/mol. The third-order valence-electron chi connectivity index (χ3n) is 4.43. The van der Waals surface area contributed by atoms with Gasteiger partial charge < -0.3 is 4.57 Å². The van der Waals surface area contributed by atoms with Gasteiger partial charge in [0, 0.05) is 31.6 Å². The first-order valence-electron chi connectivity index (χ1n) is 9.26. The maximum absolute atomic E-state index is 13.0. The number of amides is 1. The minimum atomic E-state index is -0.102. The highest BCUT2D eigenvalue weighted by molar-refractivity contribution is 7.22. The Bertz CT molecular complexity index is 1120. The van der Waals surface area contributed by atoms with Crippen molar-refractivity contribution in [2.24, 2.45) is 0 Å². The standard InChI is InChI=1S/C22H19ClN4OS/c23-18-8-4-9-19-21(18)25-22(29-19)27(14-5-13-26-15-12-24-16-26)20(28)11-10-17-6-2-1-3-7-17/h1-4,6-12,15-16H,5,13-14H2/b11-10+. The molecule has 0 atom stereocenters. The van der Waals surface area contributed by atoms with Gasteiger partial charge in [0.05, 0.1) is 16.0 Å². The Morgan fingerprint density at radius 2 is 2.03 bits per heavy atom. The maximum atomic E-state index is 13.0. The van der Waals surface area contributed by atoms with E-state index in [4.69, 9.17) is 11.6 Å². The summed E-state index contributed by atoms with van der Waals surface area (Å²) in [5, 5.41) is 1.25. The van der Waals surface area contributed by atoms with Crippen LogP contribution in [0.3, 0.4) is 0 Å². The summed E-state index contributed by atoms with van der Waals surface area (Å²) in [5.41, 5.74) is 1.71. The number of anilines is 1. The van der Waals surface area contributed by atoms with Gasteiger partial charge in [0.15, 0.2) is 5.13 Å². The van der Waals surface area contributed by atoms with E-state index in [0.29, 0.717) is 16.7 Å². The molecule has 2 aromatic carbocycles. The van der Waals surface area contributed by atoms with Crippen molar-refractivity contribution in [1.29, 1.82) is 0 Å².